The lowest BCUT2D eigenvalue weighted by molar-refractivity contribution is 0.460. The van der Waals surface area contributed by atoms with Gasteiger partial charge in [0.25, 0.3) is 0 Å². The minimum absolute atomic E-state index is 0.522. The lowest BCUT2D eigenvalue weighted by Gasteiger charge is -2.07. The van der Waals surface area contributed by atoms with Crippen molar-refractivity contribution in [2.45, 2.75) is 6.92 Å². The van der Waals surface area contributed by atoms with E-state index in [9.17, 15) is 0 Å². The van der Waals surface area contributed by atoms with Gasteiger partial charge in [-0.25, -0.2) is 4.98 Å². The molecular weight excluding hydrogens is 289 g/mol. The molecule has 16 heavy (non-hydrogen) atoms. The molecule has 0 atom stereocenters. The molecule has 0 saturated heterocycles. The van der Waals surface area contributed by atoms with Crippen LogP contribution in [0.15, 0.2) is 41.0 Å². The highest BCUT2D eigenvalue weighted by Gasteiger charge is 2.03. The molecule has 1 aromatic heterocycles. The van der Waals surface area contributed by atoms with E-state index in [1.165, 1.54) is 5.56 Å². The van der Waals surface area contributed by atoms with E-state index < -0.39 is 0 Å². The Morgan fingerprint density at radius 1 is 1.25 bits per heavy atom. The zero-order valence-corrected chi connectivity index (χ0v) is 10.9. The van der Waals surface area contributed by atoms with Gasteiger partial charge >= 0.3 is 0 Å². The van der Waals surface area contributed by atoms with E-state index in [2.05, 4.69) is 20.9 Å². The highest BCUT2D eigenvalue weighted by atomic mass is 79.9. The molecule has 1 heterocycles. The van der Waals surface area contributed by atoms with E-state index in [0.29, 0.717) is 10.9 Å². The van der Waals surface area contributed by atoms with Gasteiger partial charge in [0.15, 0.2) is 0 Å². The molecule has 2 aromatic rings. The maximum Gasteiger partial charge on any atom is 0.219 e. The molecule has 82 valence electrons. The zero-order valence-electron chi connectivity index (χ0n) is 8.58. The summed E-state index contributed by atoms with van der Waals surface area (Å²) in [7, 11) is 0. The Bertz CT molecular complexity index is 499. The quantitative estimate of drug-likeness (QED) is 0.808. The second kappa shape index (κ2) is 4.85. The first-order valence-corrected chi connectivity index (χ1v) is 5.88. The van der Waals surface area contributed by atoms with Gasteiger partial charge in [-0.1, -0.05) is 17.7 Å². The summed E-state index contributed by atoms with van der Waals surface area (Å²) in [6.07, 6.45) is 1.55. The maximum atomic E-state index is 5.74. The Kier molecular flexibility index (Phi) is 3.46. The second-order valence-electron chi connectivity index (χ2n) is 3.35. The van der Waals surface area contributed by atoms with Crippen molar-refractivity contribution >= 4 is 27.5 Å². The summed E-state index contributed by atoms with van der Waals surface area (Å²) in [5.74, 6) is 1.26. The molecule has 0 radical (unpaired) electrons. The fourth-order valence-corrected chi connectivity index (χ4v) is 1.91. The third kappa shape index (κ3) is 2.74. The first-order chi connectivity index (χ1) is 7.65. The van der Waals surface area contributed by atoms with Gasteiger partial charge in [0.1, 0.15) is 5.75 Å². The third-order valence-corrected chi connectivity index (χ3v) is 2.85. The van der Waals surface area contributed by atoms with Crippen molar-refractivity contribution in [1.29, 1.82) is 0 Å². The van der Waals surface area contributed by atoms with Crippen molar-refractivity contribution in [2.75, 3.05) is 0 Å². The van der Waals surface area contributed by atoms with Crippen molar-refractivity contribution in [3.05, 3.63) is 51.6 Å². The SMILES string of the molecule is Cc1ccc(Oc2ccc(Cl)cn2)c(Br)c1. The number of nitrogens with zero attached hydrogens (tertiary/aromatic N) is 1. The molecule has 0 aliphatic rings. The monoisotopic (exact) mass is 297 g/mol. The van der Waals surface area contributed by atoms with Gasteiger partial charge in [-0.15, -0.1) is 0 Å². The van der Waals surface area contributed by atoms with Crippen LogP contribution in [0.5, 0.6) is 11.6 Å². The third-order valence-electron chi connectivity index (χ3n) is 2.00. The van der Waals surface area contributed by atoms with Gasteiger partial charge in [-0.3, -0.25) is 0 Å². The summed E-state index contributed by atoms with van der Waals surface area (Å²) in [5, 5.41) is 0.593. The van der Waals surface area contributed by atoms with Crippen LogP contribution in [0.3, 0.4) is 0 Å². The Labute approximate surface area is 107 Å². The molecule has 2 nitrogen and oxygen atoms in total. The normalized spacial score (nSPS) is 10.2. The topological polar surface area (TPSA) is 22.1 Å². The van der Waals surface area contributed by atoms with Crippen LogP contribution in [-0.4, -0.2) is 4.98 Å². The number of hydrogen-bond donors (Lipinski definition) is 0. The van der Waals surface area contributed by atoms with E-state index >= 15 is 0 Å². The number of halogens is 2. The molecule has 0 amide bonds. The predicted molar refractivity (Wildman–Crippen MR) is 68.2 cm³/mol. The van der Waals surface area contributed by atoms with Crippen LogP contribution in [0.1, 0.15) is 5.56 Å². The van der Waals surface area contributed by atoms with Crippen molar-refractivity contribution in [1.82, 2.24) is 4.98 Å². The fourth-order valence-electron chi connectivity index (χ4n) is 1.22. The van der Waals surface area contributed by atoms with Crippen LogP contribution < -0.4 is 4.74 Å². The Hall–Kier alpha value is -1.06. The smallest absolute Gasteiger partial charge is 0.219 e. The van der Waals surface area contributed by atoms with Gasteiger partial charge in [-0.05, 0) is 46.6 Å². The highest BCUT2D eigenvalue weighted by molar-refractivity contribution is 9.10. The van der Waals surface area contributed by atoms with Crippen LogP contribution in [0.25, 0.3) is 0 Å². The second-order valence-corrected chi connectivity index (χ2v) is 4.64. The summed E-state index contributed by atoms with van der Waals surface area (Å²) in [4.78, 5) is 4.06. The minimum atomic E-state index is 0.522. The van der Waals surface area contributed by atoms with Gasteiger partial charge in [0.2, 0.25) is 5.88 Å². The number of benzene rings is 1. The summed E-state index contributed by atoms with van der Waals surface area (Å²) in [6.45, 7) is 2.02. The summed E-state index contributed by atoms with van der Waals surface area (Å²) in [6, 6.07) is 9.34. The van der Waals surface area contributed by atoms with Crippen LogP contribution in [-0.2, 0) is 0 Å². The molecule has 0 aliphatic heterocycles. The molecule has 0 spiro atoms. The minimum Gasteiger partial charge on any atom is -0.438 e. The van der Waals surface area contributed by atoms with E-state index in [0.717, 1.165) is 10.2 Å². The van der Waals surface area contributed by atoms with Crippen molar-refractivity contribution in [3.8, 4) is 11.6 Å². The number of aryl methyl sites for hydroxylation is 1. The average Bonchev–Trinajstić information content (AvgIpc) is 2.25. The highest BCUT2D eigenvalue weighted by Crippen LogP contribution is 2.29. The number of ether oxygens (including phenoxy) is 1. The molecule has 1 aromatic carbocycles. The molecule has 0 unspecified atom stereocenters. The molecule has 4 heteroatoms. The maximum absolute atomic E-state index is 5.74. The van der Waals surface area contributed by atoms with Crippen molar-refractivity contribution in [3.63, 3.8) is 0 Å². The average molecular weight is 299 g/mol. The van der Waals surface area contributed by atoms with Gasteiger partial charge < -0.3 is 4.74 Å². The van der Waals surface area contributed by atoms with Crippen LogP contribution in [0, 0.1) is 6.92 Å². The fraction of sp³-hybridized carbons (Fsp3) is 0.0833. The van der Waals surface area contributed by atoms with E-state index in [1.807, 2.05) is 25.1 Å². The lowest BCUT2D eigenvalue weighted by Crippen LogP contribution is -1.88. The first-order valence-electron chi connectivity index (χ1n) is 4.71. The summed E-state index contributed by atoms with van der Waals surface area (Å²) >= 11 is 9.18. The standard InChI is InChI=1S/C12H9BrClNO/c1-8-2-4-11(10(13)6-8)16-12-5-3-9(14)7-15-12/h2-7H,1H3. The van der Waals surface area contributed by atoms with E-state index in [-0.39, 0.29) is 0 Å². The number of aromatic nitrogens is 1. The van der Waals surface area contributed by atoms with Crippen LogP contribution in [0.4, 0.5) is 0 Å². The zero-order chi connectivity index (χ0) is 11.5. The molecule has 0 bridgehead atoms. The number of rotatable bonds is 2. The summed E-state index contributed by atoms with van der Waals surface area (Å²) < 4.78 is 6.51. The molecular formula is C12H9BrClNO. The van der Waals surface area contributed by atoms with E-state index in [1.54, 1.807) is 18.3 Å². The Balaban J connectivity index is 2.23. The lowest BCUT2D eigenvalue weighted by atomic mass is 10.2. The van der Waals surface area contributed by atoms with Crippen molar-refractivity contribution in [2.24, 2.45) is 0 Å². The van der Waals surface area contributed by atoms with E-state index in [4.69, 9.17) is 16.3 Å². The number of pyridine rings is 1. The molecule has 0 saturated carbocycles. The summed E-state index contributed by atoms with van der Waals surface area (Å²) in [5.41, 5.74) is 1.17. The molecule has 0 fully saturated rings. The van der Waals surface area contributed by atoms with Crippen molar-refractivity contribution < 1.29 is 4.74 Å². The Morgan fingerprint density at radius 2 is 2.06 bits per heavy atom. The molecule has 0 N–H and O–H groups in total. The molecule has 0 aliphatic carbocycles. The number of hydrogen-bond acceptors (Lipinski definition) is 2. The first kappa shape index (κ1) is 11.4. The molecule has 2 rings (SSSR count). The van der Waals surface area contributed by atoms with Gasteiger partial charge in [0.05, 0.1) is 9.50 Å². The van der Waals surface area contributed by atoms with Crippen LogP contribution >= 0.6 is 27.5 Å². The predicted octanol–water partition coefficient (Wildman–Crippen LogP) is 4.60. The largest absolute Gasteiger partial charge is 0.438 e. The Morgan fingerprint density at radius 3 is 2.69 bits per heavy atom. The van der Waals surface area contributed by atoms with Gasteiger partial charge in [0, 0.05) is 12.3 Å². The van der Waals surface area contributed by atoms with Gasteiger partial charge in [-0.2, -0.15) is 0 Å². The van der Waals surface area contributed by atoms with Crippen LogP contribution in [0.2, 0.25) is 5.02 Å².